The first-order chi connectivity index (χ1) is 3.63. The van der Waals surface area contributed by atoms with Crippen molar-refractivity contribution in [1.82, 2.24) is 0 Å². The summed E-state index contributed by atoms with van der Waals surface area (Å²) in [5, 5.41) is 0. The first-order valence-corrected chi connectivity index (χ1v) is 2.76. The maximum Gasteiger partial charge on any atom is 2.00 e. The molecule has 0 radical (unpaired) electrons. The standard InChI is InChI=1S/C6H12O2.Mg.2H/c1-5(2)4-8-6(3)7;;;/h5H,4H2,1-3H3;;;/q;+2;2*-1. The molecule has 0 unspecified atom stereocenters. The molecule has 0 rings (SSSR count). The van der Waals surface area contributed by atoms with E-state index in [2.05, 4.69) is 4.74 Å². The van der Waals surface area contributed by atoms with Crippen molar-refractivity contribution in [2.24, 2.45) is 5.92 Å². The van der Waals surface area contributed by atoms with E-state index >= 15 is 0 Å². The molecule has 2 nitrogen and oxygen atoms in total. The smallest absolute Gasteiger partial charge is 1.00 e. The Morgan fingerprint density at radius 1 is 1.67 bits per heavy atom. The molecule has 0 fully saturated rings. The van der Waals surface area contributed by atoms with Gasteiger partial charge in [0.15, 0.2) is 0 Å². The maximum absolute atomic E-state index is 10.1. The summed E-state index contributed by atoms with van der Waals surface area (Å²) in [5.74, 6) is 0.248. The molecule has 9 heavy (non-hydrogen) atoms. The van der Waals surface area contributed by atoms with Gasteiger partial charge in [0.1, 0.15) is 0 Å². The Morgan fingerprint density at radius 2 is 2.11 bits per heavy atom. The number of rotatable bonds is 2. The predicted octanol–water partition coefficient (Wildman–Crippen LogP) is 1.05. The SMILES string of the molecule is CC(=O)OCC(C)C.[H-].[H-].[Mg+2]. The van der Waals surface area contributed by atoms with E-state index in [-0.39, 0.29) is 31.9 Å². The van der Waals surface area contributed by atoms with Gasteiger partial charge >= 0.3 is 29.0 Å². The number of esters is 1. The van der Waals surface area contributed by atoms with Crippen LogP contribution in [0.3, 0.4) is 0 Å². The van der Waals surface area contributed by atoms with Crippen LogP contribution in [-0.2, 0) is 9.53 Å². The van der Waals surface area contributed by atoms with Gasteiger partial charge in [-0.25, -0.2) is 0 Å². The molecule has 0 spiro atoms. The Bertz CT molecular complexity index is 88.7. The van der Waals surface area contributed by atoms with Gasteiger partial charge in [0.2, 0.25) is 0 Å². The maximum atomic E-state index is 10.1. The van der Waals surface area contributed by atoms with Crippen LogP contribution in [0, 0.1) is 5.92 Å². The number of ether oxygens (including phenoxy) is 1. The third-order valence-electron chi connectivity index (χ3n) is 0.620. The van der Waals surface area contributed by atoms with Crippen LogP contribution >= 0.6 is 0 Å². The van der Waals surface area contributed by atoms with E-state index in [1.165, 1.54) is 6.92 Å². The third kappa shape index (κ3) is 11.7. The minimum absolute atomic E-state index is 0. The Balaban J connectivity index is -0.0000000817. The molecule has 0 heterocycles. The fourth-order valence-corrected chi connectivity index (χ4v) is 0.284. The Morgan fingerprint density at radius 3 is 2.22 bits per heavy atom. The van der Waals surface area contributed by atoms with Gasteiger partial charge in [-0.1, -0.05) is 13.8 Å². The van der Waals surface area contributed by atoms with Crippen molar-refractivity contribution < 1.29 is 12.4 Å². The van der Waals surface area contributed by atoms with Gasteiger partial charge in [0, 0.05) is 6.92 Å². The quantitative estimate of drug-likeness (QED) is 0.426. The van der Waals surface area contributed by atoms with E-state index in [0.717, 1.165) is 0 Å². The van der Waals surface area contributed by atoms with Gasteiger partial charge in [-0.3, -0.25) is 4.79 Å². The molecule has 0 N–H and O–H groups in total. The molecule has 0 aliphatic heterocycles. The summed E-state index contributed by atoms with van der Waals surface area (Å²) in [7, 11) is 0. The molecule has 0 saturated carbocycles. The first-order valence-electron chi connectivity index (χ1n) is 2.76. The monoisotopic (exact) mass is 142 g/mol. The number of carbonyl (C=O) groups excluding carboxylic acids is 1. The van der Waals surface area contributed by atoms with Crippen LogP contribution in [0.25, 0.3) is 0 Å². The number of hydrogen-bond donors (Lipinski definition) is 0. The molecule has 0 aliphatic carbocycles. The molecule has 52 valence electrons. The van der Waals surface area contributed by atoms with E-state index in [0.29, 0.717) is 12.5 Å². The zero-order valence-corrected chi connectivity index (χ0v) is 7.72. The molecule has 0 saturated heterocycles. The van der Waals surface area contributed by atoms with Crippen LogP contribution in [0.15, 0.2) is 0 Å². The molecule has 3 heteroatoms. The normalized spacial score (nSPS) is 8.44. The largest absolute Gasteiger partial charge is 2.00 e. The van der Waals surface area contributed by atoms with Crippen LogP contribution < -0.4 is 0 Å². The third-order valence-corrected chi connectivity index (χ3v) is 0.620. The second-order valence-corrected chi connectivity index (χ2v) is 2.20. The summed E-state index contributed by atoms with van der Waals surface area (Å²) in [6.07, 6.45) is 0. The van der Waals surface area contributed by atoms with Crippen molar-refractivity contribution in [3.05, 3.63) is 0 Å². The van der Waals surface area contributed by atoms with Crippen molar-refractivity contribution >= 4 is 29.0 Å². The average Bonchev–Trinajstić information content (AvgIpc) is 1.61. The molecule has 0 aromatic heterocycles. The van der Waals surface area contributed by atoms with Gasteiger partial charge in [0.05, 0.1) is 6.61 Å². The zero-order chi connectivity index (χ0) is 6.57. The fraction of sp³-hybridized carbons (Fsp3) is 0.833. The van der Waals surface area contributed by atoms with Crippen molar-refractivity contribution in [3.63, 3.8) is 0 Å². The predicted molar refractivity (Wildman–Crippen MR) is 39.4 cm³/mol. The molecule has 0 aromatic rings. The molecule has 0 aliphatic rings. The molecular weight excluding hydrogens is 128 g/mol. The summed E-state index contributed by atoms with van der Waals surface area (Å²) < 4.78 is 4.66. The molecule has 0 bridgehead atoms. The Kier molecular flexibility index (Phi) is 8.45. The second kappa shape index (κ2) is 6.36. The van der Waals surface area contributed by atoms with Crippen molar-refractivity contribution in [3.8, 4) is 0 Å². The van der Waals surface area contributed by atoms with E-state index in [1.807, 2.05) is 13.8 Å². The second-order valence-electron chi connectivity index (χ2n) is 2.20. The van der Waals surface area contributed by atoms with Crippen LogP contribution in [0.4, 0.5) is 0 Å². The minimum Gasteiger partial charge on any atom is -1.00 e. The van der Waals surface area contributed by atoms with E-state index in [4.69, 9.17) is 0 Å². The summed E-state index contributed by atoms with van der Waals surface area (Å²) in [6.45, 7) is 5.96. The van der Waals surface area contributed by atoms with E-state index < -0.39 is 0 Å². The molecule has 0 amide bonds. The molecule has 0 atom stereocenters. The first kappa shape index (κ1) is 12.0. The van der Waals surface area contributed by atoms with E-state index in [1.54, 1.807) is 0 Å². The Hall–Kier alpha value is 0.236. The van der Waals surface area contributed by atoms with Gasteiger partial charge in [-0.2, -0.15) is 0 Å². The average molecular weight is 142 g/mol. The van der Waals surface area contributed by atoms with Crippen molar-refractivity contribution in [2.75, 3.05) is 6.61 Å². The van der Waals surface area contributed by atoms with Crippen molar-refractivity contribution in [1.29, 1.82) is 0 Å². The van der Waals surface area contributed by atoms with Gasteiger partial charge < -0.3 is 7.59 Å². The topological polar surface area (TPSA) is 26.3 Å². The number of hydrogen-bond acceptors (Lipinski definition) is 2. The van der Waals surface area contributed by atoms with Crippen LogP contribution in [0.5, 0.6) is 0 Å². The molecule has 0 aromatic carbocycles. The van der Waals surface area contributed by atoms with Gasteiger partial charge in [-0.15, -0.1) is 0 Å². The Labute approximate surface area is 75.1 Å². The summed E-state index contributed by atoms with van der Waals surface area (Å²) in [5.41, 5.74) is 0. The minimum atomic E-state index is -0.196. The molecular formula is C6H14MgO2. The van der Waals surface area contributed by atoms with Crippen LogP contribution in [-0.4, -0.2) is 35.6 Å². The van der Waals surface area contributed by atoms with Gasteiger partial charge in [-0.05, 0) is 5.92 Å². The van der Waals surface area contributed by atoms with Crippen LogP contribution in [0.2, 0.25) is 0 Å². The van der Waals surface area contributed by atoms with Crippen LogP contribution in [0.1, 0.15) is 23.6 Å². The summed E-state index contributed by atoms with van der Waals surface area (Å²) >= 11 is 0. The fourth-order valence-electron chi connectivity index (χ4n) is 0.284. The van der Waals surface area contributed by atoms with Gasteiger partial charge in [0.25, 0.3) is 0 Å². The van der Waals surface area contributed by atoms with Crippen molar-refractivity contribution in [2.45, 2.75) is 20.8 Å². The summed E-state index contributed by atoms with van der Waals surface area (Å²) in [4.78, 5) is 10.1. The summed E-state index contributed by atoms with van der Waals surface area (Å²) in [6, 6.07) is 0. The number of carbonyl (C=O) groups is 1. The zero-order valence-electron chi connectivity index (χ0n) is 8.31. The van der Waals surface area contributed by atoms with E-state index in [9.17, 15) is 4.79 Å².